The Kier molecular flexibility index (Phi) is 10.2. The molecule has 7 rings (SSSR count). The standard InChI is InChI=1S/C46H47N2OSSe.Pt/c1-26-13-12-14-27(2)37(26)34-16-15-33(29-21-30(23-31(22-29)44(3,4)5)38-41-28(17-19-47-38)18-20-50-41)39-42(34)51-43(48-39)35-24-32(45(6,7)8)25-36(40(35)49)46(9,10)11;/h12-20,22-25,49H,1-11H3;/q-1;. The third-order valence-corrected chi connectivity index (χ3v) is 13.2. The number of thiophene rings is 1. The van der Waals surface area contributed by atoms with Gasteiger partial charge in [-0.2, -0.15) is 0 Å². The van der Waals surface area contributed by atoms with Crippen LogP contribution < -0.4 is 0 Å². The van der Waals surface area contributed by atoms with Crippen LogP contribution in [0, 0.1) is 19.9 Å². The molecule has 0 saturated carbocycles. The van der Waals surface area contributed by atoms with Gasteiger partial charge in [0, 0.05) is 21.1 Å². The summed E-state index contributed by atoms with van der Waals surface area (Å²) in [4.78, 5) is 10.4. The molecule has 4 aromatic carbocycles. The average molecular weight is 950 g/mol. The van der Waals surface area contributed by atoms with E-state index >= 15 is 0 Å². The van der Waals surface area contributed by atoms with Gasteiger partial charge in [0.15, 0.2) is 0 Å². The summed E-state index contributed by atoms with van der Waals surface area (Å²) in [7, 11) is 0. The molecule has 52 heavy (non-hydrogen) atoms. The Morgan fingerprint density at radius 2 is 1.35 bits per heavy atom. The first-order valence-electron chi connectivity index (χ1n) is 17.7. The predicted molar refractivity (Wildman–Crippen MR) is 220 cm³/mol. The van der Waals surface area contributed by atoms with Crippen LogP contribution in [0.3, 0.4) is 0 Å². The number of aryl methyl sites for hydroxylation is 2. The van der Waals surface area contributed by atoms with E-state index in [9.17, 15) is 5.11 Å². The molecule has 0 bridgehead atoms. The molecular weight excluding hydrogens is 903 g/mol. The van der Waals surface area contributed by atoms with Gasteiger partial charge in [-0.25, -0.2) is 0 Å². The number of fused-ring (bicyclic) bond motifs is 2. The first kappa shape index (κ1) is 38.4. The van der Waals surface area contributed by atoms with Crippen molar-refractivity contribution in [1.29, 1.82) is 0 Å². The number of nitrogens with zero attached hydrogens (tertiary/aromatic N) is 2. The average Bonchev–Trinajstić information content (AvgIpc) is 3.71. The van der Waals surface area contributed by atoms with Crippen molar-refractivity contribution in [3.05, 3.63) is 112 Å². The molecule has 0 spiro atoms. The Bertz CT molecular complexity index is 2450. The molecule has 0 saturated heterocycles. The van der Waals surface area contributed by atoms with E-state index in [1.54, 1.807) is 11.3 Å². The molecule has 0 amide bonds. The van der Waals surface area contributed by atoms with Crippen molar-refractivity contribution >= 4 is 45.7 Å². The van der Waals surface area contributed by atoms with Gasteiger partial charge in [0.05, 0.1) is 0 Å². The van der Waals surface area contributed by atoms with Crippen molar-refractivity contribution in [2.24, 2.45) is 0 Å². The Labute approximate surface area is 333 Å². The molecule has 3 heterocycles. The molecule has 0 radical (unpaired) electrons. The van der Waals surface area contributed by atoms with Crippen LogP contribution in [-0.2, 0) is 37.3 Å². The summed E-state index contributed by atoms with van der Waals surface area (Å²) in [6, 6.07) is 28.1. The third kappa shape index (κ3) is 7.03. The fourth-order valence-corrected chi connectivity index (χ4v) is 10.2. The van der Waals surface area contributed by atoms with Crippen LogP contribution in [0.5, 0.6) is 5.75 Å². The smallest absolute Gasteiger partial charge is 0 e. The van der Waals surface area contributed by atoms with Crippen molar-refractivity contribution in [1.82, 2.24) is 9.97 Å². The quantitative estimate of drug-likeness (QED) is 0.141. The van der Waals surface area contributed by atoms with E-state index in [1.807, 2.05) is 6.20 Å². The van der Waals surface area contributed by atoms with E-state index in [1.165, 1.54) is 47.7 Å². The fraction of sp³-hybridized carbons (Fsp3) is 0.304. The molecule has 3 nitrogen and oxygen atoms in total. The largest absolute Gasteiger partial charge is 0 e. The zero-order valence-electron chi connectivity index (χ0n) is 32.0. The number of pyridine rings is 1. The van der Waals surface area contributed by atoms with Gasteiger partial charge in [-0.1, -0.05) is 0 Å². The van der Waals surface area contributed by atoms with Gasteiger partial charge in [0.1, 0.15) is 0 Å². The number of phenolic OH excluding ortho intramolecular Hbond substituents is 1. The summed E-state index contributed by atoms with van der Waals surface area (Å²) in [6.07, 6.45) is 1.90. The van der Waals surface area contributed by atoms with Crippen LogP contribution in [-0.4, -0.2) is 29.6 Å². The molecule has 0 aliphatic carbocycles. The molecule has 3 aromatic heterocycles. The van der Waals surface area contributed by atoms with Crippen molar-refractivity contribution in [3.8, 4) is 49.4 Å². The van der Waals surface area contributed by atoms with Gasteiger partial charge >= 0.3 is 315 Å². The first-order valence-corrected chi connectivity index (χ1v) is 20.3. The summed E-state index contributed by atoms with van der Waals surface area (Å²) in [5.74, 6) is 0.345. The molecule has 270 valence electrons. The number of hydrogen-bond acceptors (Lipinski definition) is 4. The summed E-state index contributed by atoms with van der Waals surface area (Å²) >= 11 is 1.57. The number of aromatic hydroxyl groups is 1. The second-order valence-corrected chi connectivity index (χ2v) is 20.0. The Balaban J connectivity index is 0.00000464. The number of benzene rings is 4. The first-order chi connectivity index (χ1) is 23.9. The zero-order chi connectivity index (χ0) is 36.6. The fourth-order valence-electron chi connectivity index (χ4n) is 6.94. The van der Waals surface area contributed by atoms with Crippen LogP contribution >= 0.6 is 11.3 Å². The summed E-state index contributed by atoms with van der Waals surface area (Å²) < 4.78 is 3.39. The van der Waals surface area contributed by atoms with Crippen molar-refractivity contribution < 1.29 is 26.2 Å². The van der Waals surface area contributed by atoms with E-state index in [0.29, 0.717) is 5.75 Å². The van der Waals surface area contributed by atoms with Gasteiger partial charge in [0.25, 0.3) is 0 Å². The molecule has 6 heteroatoms. The van der Waals surface area contributed by atoms with Crippen LogP contribution in [0.4, 0.5) is 0 Å². The van der Waals surface area contributed by atoms with Crippen LogP contribution in [0.25, 0.3) is 63.5 Å². The van der Waals surface area contributed by atoms with E-state index in [0.717, 1.165) is 43.6 Å². The molecule has 0 aliphatic rings. The summed E-state index contributed by atoms with van der Waals surface area (Å²) in [5.41, 5.74) is 13.8. The maximum Gasteiger partial charge on any atom is 0 e. The molecule has 0 unspecified atom stereocenters. The Morgan fingerprint density at radius 3 is 2.00 bits per heavy atom. The topological polar surface area (TPSA) is 46.0 Å². The number of rotatable bonds is 4. The Morgan fingerprint density at radius 1 is 0.712 bits per heavy atom. The minimum absolute atomic E-state index is 0. The zero-order valence-corrected chi connectivity index (χ0v) is 36.8. The van der Waals surface area contributed by atoms with Crippen molar-refractivity contribution in [2.45, 2.75) is 92.4 Å². The van der Waals surface area contributed by atoms with E-state index in [2.05, 4.69) is 154 Å². The normalized spacial score (nSPS) is 12.4. The molecule has 0 aliphatic heterocycles. The second kappa shape index (κ2) is 13.8. The van der Waals surface area contributed by atoms with E-state index in [-0.39, 0.29) is 51.8 Å². The predicted octanol–water partition coefficient (Wildman–Crippen LogP) is 12.6. The van der Waals surface area contributed by atoms with Gasteiger partial charge < -0.3 is 0 Å². The maximum absolute atomic E-state index is 12.0. The van der Waals surface area contributed by atoms with Crippen molar-refractivity contribution in [2.75, 3.05) is 0 Å². The van der Waals surface area contributed by atoms with Crippen LogP contribution in [0.1, 0.15) is 90.1 Å². The van der Waals surface area contributed by atoms with Crippen LogP contribution in [0.15, 0.2) is 78.3 Å². The molecule has 0 atom stereocenters. The number of hydrogen-bond donors (Lipinski definition) is 1. The summed E-state index contributed by atoms with van der Waals surface area (Å²) in [5, 5.41) is 15.3. The summed E-state index contributed by atoms with van der Waals surface area (Å²) in [6.45, 7) is 24.4. The monoisotopic (exact) mass is 950 g/mol. The maximum atomic E-state index is 12.0. The molecule has 1 N–H and O–H groups in total. The van der Waals surface area contributed by atoms with Crippen LogP contribution in [0.2, 0.25) is 0 Å². The third-order valence-electron chi connectivity index (χ3n) is 9.96. The number of aromatic nitrogens is 2. The minimum Gasteiger partial charge on any atom is 0 e. The molecule has 0 fully saturated rings. The SMILES string of the molecule is Cc1cccc(C)c1-c1ccc(-c2[c-]c(-c3nccc4ccsc34)cc(C(C)(C)C)c2)c2nc(-c3cc(C(C)(C)C)cc(C(C)(C)C)c3O)[se]c12.[Pt]. The van der Waals surface area contributed by atoms with E-state index in [4.69, 9.17) is 9.97 Å². The van der Waals surface area contributed by atoms with Gasteiger partial charge in [0.2, 0.25) is 0 Å². The van der Waals surface area contributed by atoms with Gasteiger partial charge in [-0.3, -0.25) is 0 Å². The van der Waals surface area contributed by atoms with Crippen molar-refractivity contribution in [3.63, 3.8) is 0 Å². The molecule has 7 aromatic rings. The van der Waals surface area contributed by atoms with Gasteiger partial charge in [-0.05, 0) is 0 Å². The van der Waals surface area contributed by atoms with Gasteiger partial charge in [-0.15, -0.1) is 0 Å². The second-order valence-electron chi connectivity index (χ2n) is 17.0. The Hall–Kier alpha value is -3.33. The van der Waals surface area contributed by atoms with E-state index < -0.39 is 0 Å². The number of phenols is 1. The molecular formula is C46H47N2OPtSSe-. The minimum atomic E-state index is -0.230.